The molecule has 14 nitrogen and oxygen atoms in total. The summed E-state index contributed by atoms with van der Waals surface area (Å²) in [4.78, 5) is 82.6. The normalized spacial score (nSPS) is 14.3. The van der Waals surface area contributed by atoms with E-state index < -0.39 is 12.1 Å². The lowest BCUT2D eigenvalue weighted by atomic mass is 10.0. The maximum absolute atomic E-state index is 13.5. The maximum atomic E-state index is 13.5. The topological polar surface area (TPSA) is 170 Å². The summed E-state index contributed by atoms with van der Waals surface area (Å²) in [7, 11) is 0. The van der Waals surface area contributed by atoms with Crippen LogP contribution in [-0.4, -0.2) is 123 Å². The molecule has 2 atom stereocenters. The molecule has 1 heterocycles. The fraction of sp³-hybridized carbons (Fsp3) is 0.771. The van der Waals surface area contributed by atoms with Crippen LogP contribution in [0.4, 0.5) is 0 Å². The Labute approximate surface area is 675 Å². The molecule has 0 radical (unpaired) electrons. The van der Waals surface area contributed by atoms with Gasteiger partial charge >= 0.3 is 23.9 Å². The number of nitrogens with one attached hydrogen (secondary N) is 2. The summed E-state index contributed by atoms with van der Waals surface area (Å²) in [5, 5.41) is 6.07. The number of piperazine rings is 1. The Morgan fingerprint density at radius 2 is 0.455 bits per heavy atom. The number of allylic oxidation sites excluding steroid dienone is 16. The van der Waals surface area contributed by atoms with E-state index in [9.17, 15) is 28.8 Å². The van der Waals surface area contributed by atoms with Gasteiger partial charge in [-0.15, -0.1) is 0 Å². The Kier molecular flexibility index (Phi) is 77.6. The molecule has 1 saturated heterocycles. The van der Waals surface area contributed by atoms with Gasteiger partial charge in [0.25, 0.3) is 0 Å². The monoisotopic (exact) mass is 1540 g/mol. The SMILES string of the molecule is CCCCC/C=C\C/C=C\CCCCCCCC(=O)OCCCN(CCCCC1NC(=O)C(CCCCN(CCCOC(=O)CCCCCCC/C=C\C/C=C\CCCCC)CCCOC(=O)CCCCCCC/C=C\C/C=C\CCCCC)NC1=O)CCCOC(=O)CCCCCCC/C=C\C/C=C\CCCCC. The molecule has 0 saturated carbocycles. The van der Waals surface area contributed by atoms with Crippen LogP contribution in [0.25, 0.3) is 0 Å². The standard InChI is InChI=1S/C96H168N4O10/c1-5-9-13-17-21-25-29-33-37-41-45-49-53-57-61-75-91(101)107-85-69-81-99(82-70-86-108-92(102)76-62-58-54-50-46-42-38-34-30-26-22-18-14-10-6-2)79-67-65-73-89-95(105)98-90(96(106)97-89)74-66-68-80-100(83-71-87-109-93(103)77-63-59-55-51-47-43-39-35-31-27-23-19-15-11-7-3)84-72-88-110-94(104)78-64-60-56-52-48-44-40-36-32-28-24-20-16-12-8-4/h21-28,33-40,89-90H,5-20,29-32,41-88H2,1-4H3,(H,97,106)(H,98,105)/b25-21-,26-22-,27-23-,28-24-,37-33-,38-34-,39-35-,40-36-. The van der Waals surface area contributed by atoms with E-state index in [4.69, 9.17) is 18.9 Å². The highest BCUT2D eigenvalue weighted by molar-refractivity contribution is 5.96. The molecule has 0 aromatic rings. The van der Waals surface area contributed by atoms with Crippen molar-refractivity contribution in [3.63, 3.8) is 0 Å². The van der Waals surface area contributed by atoms with E-state index in [1.807, 2.05) is 0 Å². The lowest BCUT2D eigenvalue weighted by molar-refractivity contribution is -0.145. The molecule has 0 spiro atoms. The van der Waals surface area contributed by atoms with E-state index in [2.05, 4.69) is 145 Å². The third-order valence-corrected chi connectivity index (χ3v) is 20.6. The minimum atomic E-state index is -0.593. The summed E-state index contributed by atoms with van der Waals surface area (Å²) in [5.74, 6) is -0.843. The van der Waals surface area contributed by atoms with Gasteiger partial charge in [-0.25, -0.2) is 0 Å². The van der Waals surface area contributed by atoms with Gasteiger partial charge in [0, 0.05) is 51.9 Å². The average Bonchev–Trinajstić information content (AvgIpc) is 0.848. The van der Waals surface area contributed by atoms with Crippen LogP contribution in [-0.2, 0) is 47.7 Å². The number of unbranched alkanes of at least 4 members (excludes halogenated alkanes) is 34. The van der Waals surface area contributed by atoms with Gasteiger partial charge in [0.2, 0.25) is 11.8 Å². The summed E-state index contributed by atoms with van der Waals surface area (Å²) >= 11 is 0. The molecule has 0 aliphatic carbocycles. The summed E-state index contributed by atoms with van der Waals surface area (Å²) in [5.41, 5.74) is 0. The maximum Gasteiger partial charge on any atom is 0.305 e. The molecule has 0 bridgehead atoms. The minimum Gasteiger partial charge on any atom is -0.466 e. The molecule has 1 aliphatic rings. The van der Waals surface area contributed by atoms with Crippen molar-refractivity contribution >= 4 is 35.7 Å². The number of ether oxygens (including phenoxy) is 4. The molecule has 1 fully saturated rings. The molecule has 0 aromatic heterocycles. The van der Waals surface area contributed by atoms with E-state index >= 15 is 0 Å². The fourth-order valence-electron chi connectivity index (χ4n) is 13.6. The molecule has 110 heavy (non-hydrogen) atoms. The number of hydrogen-bond donors (Lipinski definition) is 2. The van der Waals surface area contributed by atoms with Crippen molar-refractivity contribution < 1.29 is 47.7 Å². The van der Waals surface area contributed by atoms with Crippen molar-refractivity contribution in [3.05, 3.63) is 97.2 Å². The molecule has 1 aliphatic heterocycles. The van der Waals surface area contributed by atoms with Gasteiger partial charge in [0.05, 0.1) is 26.4 Å². The first-order valence-electron chi connectivity index (χ1n) is 46.0. The van der Waals surface area contributed by atoms with E-state index in [1.54, 1.807) is 0 Å². The van der Waals surface area contributed by atoms with Crippen molar-refractivity contribution in [3.8, 4) is 0 Å². The Bertz CT molecular complexity index is 2100. The van der Waals surface area contributed by atoms with Crippen molar-refractivity contribution in [1.29, 1.82) is 0 Å². The lowest BCUT2D eigenvalue weighted by Gasteiger charge is -2.30. The third-order valence-electron chi connectivity index (χ3n) is 20.6. The fourth-order valence-corrected chi connectivity index (χ4v) is 13.6. The zero-order valence-corrected chi connectivity index (χ0v) is 71.5. The minimum absolute atomic E-state index is 0.137. The van der Waals surface area contributed by atoms with E-state index in [1.165, 1.54) is 154 Å². The van der Waals surface area contributed by atoms with Gasteiger partial charge < -0.3 is 39.4 Å². The second kappa shape index (κ2) is 83.1. The molecule has 0 aromatic carbocycles. The summed E-state index contributed by atoms with van der Waals surface area (Å²) < 4.78 is 22.8. The van der Waals surface area contributed by atoms with Crippen molar-refractivity contribution in [2.45, 2.75) is 412 Å². The first kappa shape index (κ1) is 103. The number of rotatable bonds is 82. The van der Waals surface area contributed by atoms with Crippen LogP contribution in [0.15, 0.2) is 97.2 Å². The van der Waals surface area contributed by atoms with E-state index in [0.717, 1.165) is 193 Å². The molecule has 2 amide bonds. The summed E-state index contributed by atoms with van der Waals surface area (Å²) in [6.45, 7) is 14.9. The number of carbonyl (C=O) groups is 6. The predicted molar refractivity (Wildman–Crippen MR) is 464 cm³/mol. The Morgan fingerprint density at radius 1 is 0.255 bits per heavy atom. The second-order valence-corrected chi connectivity index (χ2v) is 31.0. The van der Waals surface area contributed by atoms with Crippen LogP contribution >= 0.6 is 0 Å². The van der Waals surface area contributed by atoms with Crippen LogP contribution < -0.4 is 10.6 Å². The Hall–Kier alpha value is -5.34. The predicted octanol–water partition coefficient (Wildman–Crippen LogP) is 24.9. The number of hydrogen-bond acceptors (Lipinski definition) is 12. The van der Waals surface area contributed by atoms with Crippen LogP contribution in [0, 0.1) is 0 Å². The van der Waals surface area contributed by atoms with Gasteiger partial charge in [-0.2, -0.15) is 0 Å². The molecule has 14 heteroatoms. The van der Waals surface area contributed by atoms with Gasteiger partial charge in [-0.1, -0.05) is 253 Å². The van der Waals surface area contributed by atoms with Crippen molar-refractivity contribution in [2.24, 2.45) is 0 Å². The van der Waals surface area contributed by atoms with Crippen LogP contribution in [0.2, 0.25) is 0 Å². The molecular weight excluding hydrogens is 1370 g/mol. The first-order chi connectivity index (χ1) is 54.1. The second-order valence-electron chi connectivity index (χ2n) is 31.0. The average molecular weight is 1540 g/mol. The third kappa shape index (κ3) is 72.9. The highest BCUT2D eigenvalue weighted by Gasteiger charge is 2.33. The highest BCUT2D eigenvalue weighted by atomic mass is 16.5. The molecule has 2 N–H and O–H groups in total. The lowest BCUT2D eigenvalue weighted by Crippen LogP contribution is -2.61. The molecule has 2 unspecified atom stereocenters. The molecular formula is C96H168N4O10. The van der Waals surface area contributed by atoms with Crippen molar-refractivity contribution in [2.75, 3.05) is 65.7 Å². The smallest absolute Gasteiger partial charge is 0.305 e. The van der Waals surface area contributed by atoms with Crippen LogP contribution in [0.5, 0.6) is 0 Å². The van der Waals surface area contributed by atoms with Gasteiger partial charge in [-0.3, -0.25) is 28.8 Å². The number of esters is 4. The van der Waals surface area contributed by atoms with E-state index in [-0.39, 0.29) is 35.7 Å². The van der Waals surface area contributed by atoms with E-state index in [0.29, 0.717) is 90.6 Å². The van der Waals surface area contributed by atoms with Crippen LogP contribution in [0.1, 0.15) is 400 Å². The molecule has 632 valence electrons. The van der Waals surface area contributed by atoms with Gasteiger partial charge in [0.15, 0.2) is 0 Å². The zero-order valence-electron chi connectivity index (χ0n) is 71.5. The number of carbonyl (C=O) groups excluding carboxylic acids is 6. The summed E-state index contributed by atoms with van der Waals surface area (Å²) in [6.07, 6.45) is 95.4. The zero-order chi connectivity index (χ0) is 79.4. The Morgan fingerprint density at radius 3 is 0.682 bits per heavy atom. The Balaban J connectivity index is 2.67. The van der Waals surface area contributed by atoms with Gasteiger partial charge in [0.1, 0.15) is 12.1 Å². The molecule has 1 rings (SSSR count). The first-order valence-corrected chi connectivity index (χ1v) is 46.0. The number of nitrogens with zero attached hydrogens (tertiary/aromatic N) is 2. The number of amides is 2. The van der Waals surface area contributed by atoms with Crippen LogP contribution in [0.3, 0.4) is 0 Å². The quantitative estimate of drug-likeness (QED) is 0.0256. The largest absolute Gasteiger partial charge is 0.466 e. The van der Waals surface area contributed by atoms with Crippen molar-refractivity contribution in [1.82, 2.24) is 20.4 Å². The van der Waals surface area contributed by atoms with Gasteiger partial charge in [-0.05, 0) is 231 Å². The summed E-state index contributed by atoms with van der Waals surface area (Å²) in [6, 6.07) is -1.19. The highest BCUT2D eigenvalue weighted by Crippen LogP contribution is 2.17.